The van der Waals surface area contributed by atoms with E-state index in [1.54, 1.807) is 0 Å². The van der Waals surface area contributed by atoms with Crippen molar-refractivity contribution in [1.29, 1.82) is 0 Å². The molecule has 1 aromatic rings. The van der Waals surface area contributed by atoms with Crippen molar-refractivity contribution in [3.05, 3.63) is 16.5 Å². The van der Waals surface area contributed by atoms with Crippen LogP contribution >= 0.6 is 22.9 Å². The number of morpholine rings is 1. The van der Waals surface area contributed by atoms with E-state index in [-0.39, 0.29) is 30.3 Å². The van der Waals surface area contributed by atoms with Crippen molar-refractivity contribution in [3.63, 3.8) is 0 Å². The lowest BCUT2D eigenvalue weighted by atomic mass is 10.2. The van der Waals surface area contributed by atoms with Crippen LogP contribution in [-0.2, 0) is 19.6 Å². The molecule has 0 saturated carbocycles. The first kappa shape index (κ1) is 14.7. The molecule has 0 aromatic carbocycles. The van der Waals surface area contributed by atoms with E-state index in [4.69, 9.17) is 21.4 Å². The summed E-state index contributed by atoms with van der Waals surface area (Å²) < 4.78 is 31.7. The minimum absolute atomic E-state index is 0.0458. The van der Waals surface area contributed by atoms with Gasteiger partial charge in [0.15, 0.2) is 0 Å². The maximum atomic E-state index is 12.3. The van der Waals surface area contributed by atoms with Gasteiger partial charge in [-0.2, -0.15) is 4.31 Å². The fourth-order valence-corrected chi connectivity index (χ4v) is 4.89. The molecule has 1 atom stereocenters. The number of carboxylic acids is 1. The van der Waals surface area contributed by atoms with Gasteiger partial charge in [0.1, 0.15) is 4.21 Å². The second-order valence-corrected chi connectivity index (χ2v) is 7.89. The molecule has 0 radical (unpaired) electrons. The second kappa shape index (κ2) is 5.76. The van der Waals surface area contributed by atoms with Crippen molar-refractivity contribution < 1.29 is 23.1 Å². The zero-order valence-electron chi connectivity index (χ0n) is 9.78. The maximum absolute atomic E-state index is 12.3. The monoisotopic (exact) mass is 325 g/mol. The van der Waals surface area contributed by atoms with Crippen molar-refractivity contribution >= 4 is 38.9 Å². The summed E-state index contributed by atoms with van der Waals surface area (Å²) in [7, 11) is -3.62. The summed E-state index contributed by atoms with van der Waals surface area (Å²) in [5.41, 5.74) is 0. The van der Waals surface area contributed by atoms with Crippen LogP contribution in [0, 0.1) is 0 Å². The Kier molecular flexibility index (Phi) is 4.46. The zero-order chi connectivity index (χ0) is 14.0. The molecule has 2 heterocycles. The van der Waals surface area contributed by atoms with Crippen LogP contribution in [0.2, 0.25) is 4.34 Å². The summed E-state index contributed by atoms with van der Waals surface area (Å²) in [4.78, 5) is 10.6. The smallest absolute Gasteiger partial charge is 0.306 e. The van der Waals surface area contributed by atoms with Gasteiger partial charge in [0, 0.05) is 13.1 Å². The van der Waals surface area contributed by atoms with Gasteiger partial charge in [-0.25, -0.2) is 8.42 Å². The van der Waals surface area contributed by atoms with E-state index in [0.29, 0.717) is 4.34 Å². The van der Waals surface area contributed by atoms with Crippen LogP contribution in [0.1, 0.15) is 6.42 Å². The minimum atomic E-state index is -3.62. The molecule has 2 rings (SSSR count). The molecule has 1 saturated heterocycles. The van der Waals surface area contributed by atoms with Gasteiger partial charge in [0.2, 0.25) is 0 Å². The van der Waals surface area contributed by atoms with E-state index in [2.05, 4.69) is 0 Å². The highest BCUT2D eigenvalue weighted by atomic mass is 35.5. The van der Waals surface area contributed by atoms with Crippen molar-refractivity contribution in [2.45, 2.75) is 16.7 Å². The molecule has 0 spiro atoms. The normalized spacial score (nSPS) is 21.4. The third-order valence-corrected chi connectivity index (χ3v) is 6.21. The SMILES string of the molecule is O=C(O)CC1CN(S(=O)(=O)c2ccc(Cl)s2)CCO1. The number of rotatable bonds is 4. The molecule has 0 amide bonds. The third-order valence-electron chi connectivity index (χ3n) is 2.65. The Balaban J connectivity index is 2.14. The molecular formula is C10H12ClNO5S2. The van der Waals surface area contributed by atoms with Crippen LogP contribution in [0.5, 0.6) is 0 Å². The van der Waals surface area contributed by atoms with Gasteiger partial charge in [0.25, 0.3) is 10.0 Å². The lowest BCUT2D eigenvalue weighted by Crippen LogP contribution is -2.45. The molecular weight excluding hydrogens is 314 g/mol. The molecule has 1 N–H and O–H groups in total. The number of aliphatic carboxylic acids is 1. The largest absolute Gasteiger partial charge is 0.481 e. The number of hydrogen-bond donors (Lipinski definition) is 1. The summed E-state index contributed by atoms with van der Waals surface area (Å²) in [6, 6.07) is 2.97. The van der Waals surface area contributed by atoms with E-state index >= 15 is 0 Å². The Morgan fingerprint density at radius 1 is 1.58 bits per heavy atom. The first-order valence-electron chi connectivity index (χ1n) is 5.48. The molecule has 106 valence electrons. The molecule has 1 fully saturated rings. The lowest BCUT2D eigenvalue weighted by molar-refractivity contribution is -0.141. The average Bonchev–Trinajstić information content (AvgIpc) is 2.76. The van der Waals surface area contributed by atoms with Crippen molar-refractivity contribution in [1.82, 2.24) is 4.31 Å². The van der Waals surface area contributed by atoms with Crippen molar-refractivity contribution in [2.75, 3.05) is 19.7 Å². The summed E-state index contributed by atoms with van der Waals surface area (Å²) in [5, 5.41) is 8.71. The van der Waals surface area contributed by atoms with Crippen molar-refractivity contribution in [3.8, 4) is 0 Å². The number of sulfonamides is 1. The van der Waals surface area contributed by atoms with E-state index in [9.17, 15) is 13.2 Å². The summed E-state index contributed by atoms with van der Waals surface area (Å²) >= 11 is 6.72. The number of halogens is 1. The number of ether oxygens (including phenoxy) is 1. The highest BCUT2D eigenvalue weighted by Gasteiger charge is 2.32. The van der Waals surface area contributed by atoms with Gasteiger partial charge >= 0.3 is 5.97 Å². The predicted molar refractivity (Wildman–Crippen MR) is 70.1 cm³/mol. The number of thiophene rings is 1. The van der Waals surface area contributed by atoms with Crippen LogP contribution < -0.4 is 0 Å². The molecule has 0 bridgehead atoms. The van der Waals surface area contributed by atoms with E-state index in [0.717, 1.165) is 11.3 Å². The Morgan fingerprint density at radius 3 is 2.89 bits per heavy atom. The zero-order valence-corrected chi connectivity index (χ0v) is 12.2. The predicted octanol–water partition coefficient (Wildman–Crippen LogP) is 1.27. The maximum Gasteiger partial charge on any atom is 0.306 e. The molecule has 1 aliphatic heterocycles. The Labute approximate surface area is 119 Å². The molecule has 6 nitrogen and oxygen atoms in total. The standard InChI is InChI=1S/C10H12ClNO5S2/c11-8-1-2-10(18-8)19(15,16)12-3-4-17-7(6-12)5-9(13)14/h1-2,7H,3-6H2,(H,13,14). The quantitative estimate of drug-likeness (QED) is 0.901. The minimum Gasteiger partial charge on any atom is -0.481 e. The molecule has 1 unspecified atom stereocenters. The summed E-state index contributed by atoms with van der Waals surface area (Å²) in [6.45, 7) is 0.453. The average molecular weight is 326 g/mol. The molecule has 9 heteroatoms. The van der Waals surface area contributed by atoms with E-state index in [1.165, 1.54) is 16.4 Å². The van der Waals surface area contributed by atoms with Gasteiger partial charge in [-0.1, -0.05) is 11.6 Å². The van der Waals surface area contributed by atoms with Crippen LogP contribution in [0.25, 0.3) is 0 Å². The lowest BCUT2D eigenvalue weighted by Gasteiger charge is -2.31. The fraction of sp³-hybridized carbons (Fsp3) is 0.500. The van der Waals surface area contributed by atoms with Crippen LogP contribution in [0.4, 0.5) is 0 Å². The third kappa shape index (κ3) is 3.46. The van der Waals surface area contributed by atoms with Crippen molar-refractivity contribution in [2.24, 2.45) is 0 Å². The number of hydrogen-bond acceptors (Lipinski definition) is 5. The molecule has 1 aromatic heterocycles. The van der Waals surface area contributed by atoms with Gasteiger partial charge < -0.3 is 9.84 Å². The van der Waals surface area contributed by atoms with Crippen LogP contribution in [0.3, 0.4) is 0 Å². The summed E-state index contributed by atoms with van der Waals surface area (Å²) in [6.07, 6.45) is -0.825. The van der Waals surface area contributed by atoms with Gasteiger partial charge in [0.05, 0.1) is 23.5 Å². The van der Waals surface area contributed by atoms with Gasteiger partial charge in [-0.3, -0.25) is 4.79 Å². The fourth-order valence-electron chi connectivity index (χ4n) is 1.79. The Bertz CT molecular complexity index is 570. The first-order chi connectivity index (χ1) is 8.89. The van der Waals surface area contributed by atoms with Crippen LogP contribution in [-0.4, -0.2) is 49.6 Å². The molecule has 0 aliphatic carbocycles. The molecule has 1 aliphatic rings. The number of nitrogens with zero attached hydrogens (tertiary/aromatic N) is 1. The van der Waals surface area contributed by atoms with Crippen LogP contribution in [0.15, 0.2) is 16.3 Å². The topological polar surface area (TPSA) is 83.9 Å². The second-order valence-electron chi connectivity index (χ2n) is 4.01. The van der Waals surface area contributed by atoms with E-state index in [1.807, 2.05) is 0 Å². The number of carboxylic acid groups (broad SMARTS) is 1. The summed E-state index contributed by atoms with van der Waals surface area (Å²) in [5.74, 6) is -1.01. The van der Waals surface area contributed by atoms with Gasteiger partial charge in [-0.15, -0.1) is 11.3 Å². The first-order valence-corrected chi connectivity index (χ1v) is 8.12. The van der Waals surface area contributed by atoms with Gasteiger partial charge in [-0.05, 0) is 12.1 Å². The highest BCUT2D eigenvalue weighted by Crippen LogP contribution is 2.29. The van der Waals surface area contributed by atoms with E-state index < -0.39 is 22.1 Å². The highest BCUT2D eigenvalue weighted by molar-refractivity contribution is 7.91. The Hall–Kier alpha value is -0.670. The Morgan fingerprint density at radius 2 is 2.32 bits per heavy atom. The number of carbonyl (C=O) groups is 1. The molecule has 19 heavy (non-hydrogen) atoms.